The van der Waals surface area contributed by atoms with E-state index in [1.807, 2.05) is 6.92 Å². The Morgan fingerprint density at radius 2 is 2.08 bits per heavy atom. The normalized spacial score (nSPS) is 24.9. The molecule has 1 amide bonds. The molecule has 2 atom stereocenters. The van der Waals surface area contributed by atoms with Crippen molar-refractivity contribution >= 4 is 21.4 Å². The van der Waals surface area contributed by atoms with E-state index in [1.165, 1.54) is 10.3 Å². The molecule has 1 aromatic carbocycles. The molecule has 6 nitrogen and oxygen atoms in total. The number of sulfone groups is 1. The van der Waals surface area contributed by atoms with Crippen molar-refractivity contribution in [1.82, 2.24) is 0 Å². The fourth-order valence-corrected chi connectivity index (χ4v) is 4.27. The van der Waals surface area contributed by atoms with Crippen LogP contribution in [0.4, 0.5) is 5.69 Å². The average molecular weight is 351 g/mol. The summed E-state index contributed by atoms with van der Waals surface area (Å²) in [6.07, 6.45) is 2.56. The van der Waals surface area contributed by atoms with E-state index in [9.17, 15) is 13.2 Å². The molecule has 1 fully saturated rings. The number of ether oxygens (including phenoxy) is 2. The van der Waals surface area contributed by atoms with Crippen LogP contribution in [0.25, 0.3) is 0 Å². The number of carbonyl (C=O) groups excluding carboxylic acids is 1. The highest BCUT2D eigenvalue weighted by molar-refractivity contribution is 7.94. The second kappa shape index (κ2) is 6.94. The van der Waals surface area contributed by atoms with Gasteiger partial charge in [-0.1, -0.05) is 0 Å². The predicted octanol–water partition coefficient (Wildman–Crippen LogP) is 1.91. The minimum Gasteiger partial charge on any atom is -0.494 e. The van der Waals surface area contributed by atoms with Gasteiger partial charge in [-0.25, -0.2) is 8.42 Å². The monoisotopic (exact) mass is 351 g/mol. The van der Waals surface area contributed by atoms with Crippen molar-refractivity contribution in [3.05, 3.63) is 35.7 Å². The summed E-state index contributed by atoms with van der Waals surface area (Å²) in [7, 11) is -3.26. The summed E-state index contributed by atoms with van der Waals surface area (Å²) in [4.78, 5) is 14.4. The molecule has 130 valence electrons. The molecule has 3 rings (SSSR count). The van der Waals surface area contributed by atoms with Crippen molar-refractivity contribution < 1.29 is 22.7 Å². The second-order valence-electron chi connectivity index (χ2n) is 5.86. The fourth-order valence-electron chi connectivity index (χ4n) is 3.00. The molecular weight excluding hydrogens is 330 g/mol. The van der Waals surface area contributed by atoms with Crippen molar-refractivity contribution in [1.29, 1.82) is 0 Å². The first-order chi connectivity index (χ1) is 11.5. The van der Waals surface area contributed by atoms with E-state index >= 15 is 0 Å². The molecule has 2 aliphatic rings. The lowest BCUT2D eigenvalue weighted by Crippen LogP contribution is -2.46. The number of benzene rings is 1. The van der Waals surface area contributed by atoms with Crippen LogP contribution in [0, 0.1) is 0 Å². The van der Waals surface area contributed by atoms with Gasteiger partial charge in [0.2, 0.25) is 0 Å². The molecular formula is C17H21NO5S. The van der Waals surface area contributed by atoms with Crippen LogP contribution in [0.1, 0.15) is 19.8 Å². The van der Waals surface area contributed by atoms with Gasteiger partial charge in [0.1, 0.15) is 11.9 Å². The zero-order chi connectivity index (χ0) is 17.2. The third-order valence-corrected chi connectivity index (χ3v) is 5.49. The van der Waals surface area contributed by atoms with Crippen LogP contribution >= 0.6 is 0 Å². The lowest BCUT2D eigenvalue weighted by molar-refractivity contribution is -0.127. The van der Waals surface area contributed by atoms with Crippen molar-refractivity contribution in [2.45, 2.75) is 31.9 Å². The Hall–Kier alpha value is -1.86. The van der Waals surface area contributed by atoms with Gasteiger partial charge in [-0.2, -0.15) is 0 Å². The van der Waals surface area contributed by atoms with Gasteiger partial charge in [0, 0.05) is 17.7 Å². The van der Waals surface area contributed by atoms with Gasteiger partial charge in [-0.3, -0.25) is 4.79 Å². The average Bonchev–Trinajstić information content (AvgIpc) is 3.19. The molecule has 0 spiro atoms. The maximum Gasteiger partial charge on any atom is 0.256 e. The summed E-state index contributed by atoms with van der Waals surface area (Å²) in [5, 5.41) is 1.18. The van der Waals surface area contributed by atoms with Gasteiger partial charge in [0.15, 0.2) is 9.84 Å². The van der Waals surface area contributed by atoms with E-state index in [0.29, 0.717) is 31.1 Å². The van der Waals surface area contributed by atoms with Crippen LogP contribution in [-0.4, -0.2) is 45.4 Å². The lowest BCUT2D eigenvalue weighted by Gasteiger charge is -2.29. The number of carbonyl (C=O) groups is 1. The van der Waals surface area contributed by atoms with E-state index in [4.69, 9.17) is 9.47 Å². The largest absolute Gasteiger partial charge is 0.494 e. The molecule has 24 heavy (non-hydrogen) atoms. The topological polar surface area (TPSA) is 72.9 Å². The molecule has 0 unspecified atom stereocenters. The van der Waals surface area contributed by atoms with Crippen molar-refractivity contribution in [3.8, 4) is 5.75 Å². The first-order valence-electron chi connectivity index (χ1n) is 8.08. The van der Waals surface area contributed by atoms with E-state index < -0.39 is 22.0 Å². The maximum atomic E-state index is 12.9. The summed E-state index contributed by atoms with van der Waals surface area (Å²) >= 11 is 0. The second-order valence-corrected chi connectivity index (χ2v) is 7.79. The third-order valence-electron chi connectivity index (χ3n) is 4.11. The maximum absolute atomic E-state index is 12.9. The molecule has 0 saturated carbocycles. The Kier molecular flexibility index (Phi) is 4.91. The summed E-state index contributed by atoms with van der Waals surface area (Å²) in [6.45, 7) is 3.02. The molecule has 7 heteroatoms. The highest BCUT2D eigenvalue weighted by atomic mass is 32.2. The third kappa shape index (κ3) is 3.62. The summed E-state index contributed by atoms with van der Waals surface area (Å²) in [5.74, 6) is 0.419. The van der Waals surface area contributed by atoms with E-state index in [2.05, 4.69) is 0 Å². The first-order valence-corrected chi connectivity index (χ1v) is 9.80. The van der Waals surface area contributed by atoms with E-state index in [-0.39, 0.29) is 11.7 Å². The van der Waals surface area contributed by atoms with Gasteiger partial charge in [-0.15, -0.1) is 0 Å². The Morgan fingerprint density at radius 3 is 2.62 bits per heavy atom. The summed E-state index contributed by atoms with van der Waals surface area (Å²) < 4.78 is 34.5. The lowest BCUT2D eigenvalue weighted by atomic mass is 10.1. The molecule has 0 radical (unpaired) electrons. The number of amides is 1. The Morgan fingerprint density at radius 1 is 1.33 bits per heavy atom. The molecule has 0 N–H and O–H groups in total. The highest BCUT2D eigenvalue weighted by Crippen LogP contribution is 2.28. The Labute approximate surface area is 142 Å². The molecule has 0 aliphatic carbocycles. The quantitative estimate of drug-likeness (QED) is 0.810. The van der Waals surface area contributed by atoms with Crippen LogP contribution in [0.5, 0.6) is 5.75 Å². The van der Waals surface area contributed by atoms with E-state index in [0.717, 1.165) is 6.42 Å². The summed E-state index contributed by atoms with van der Waals surface area (Å²) in [6, 6.07) is 6.60. The van der Waals surface area contributed by atoms with Gasteiger partial charge >= 0.3 is 0 Å². The first kappa shape index (κ1) is 17.0. The van der Waals surface area contributed by atoms with E-state index in [1.54, 1.807) is 30.3 Å². The summed E-state index contributed by atoms with van der Waals surface area (Å²) in [5.41, 5.74) is 0.644. The van der Waals surface area contributed by atoms with Crippen LogP contribution in [-0.2, 0) is 19.4 Å². The number of hydrogen-bond acceptors (Lipinski definition) is 5. The Balaban J connectivity index is 1.89. The standard InChI is InChI=1S/C17H21NO5S/c1-2-22-15-7-5-13(6-8-15)18(14-9-11-24(20,21)12-14)17(19)16-4-3-10-23-16/h5-9,11,14,16H,2-4,10,12H2,1H3/t14-,16+/m0/s1. The van der Waals surface area contributed by atoms with Gasteiger partial charge < -0.3 is 14.4 Å². The number of nitrogens with zero attached hydrogens (tertiary/aromatic N) is 1. The smallest absolute Gasteiger partial charge is 0.256 e. The van der Waals surface area contributed by atoms with Crippen molar-refractivity contribution in [3.63, 3.8) is 0 Å². The van der Waals surface area contributed by atoms with Crippen molar-refractivity contribution in [2.24, 2.45) is 0 Å². The number of rotatable bonds is 5. The number of anilines is 1. The fraction of sp³-hybridized carbons (Fsp3) is 0.471. The zero-order valence-corrected chi connectivity index (χ0v) is 14.4. The SMILES string of the molecule is CCOc1ccc(N(C(=O)[C@H]2CCCO2)[C@H]2C=CS(=O)(=O)C2)cc1. The van der Waals surface area contributed by atoms with Crippen LogP contribution in [0.3, 0.4) is 0 Å². The minimum absolute atomic E-state index is 0.0985. The van der Waals surface area contributed by atoms with Gasteiger partial charge in [0.25, 0.3) is 5.91 Å². The van der Waals surface area contributed by atoms with Gasteiger partial charge in [-0.05, 0) is 50.1 Å². The molecule has 1 aromatic rings. The van der Waals surface area contributed by atoms with Crippen LogP contribution in [0.15, 0.2) is 35.7 Å². The molecule has 2 heterocycles. The van der Waals surface area contributed by atoms with Crippen LogP contribution in [0.2, 0.25) is 0 Å². The molecule has 1 saturated heterocycles. The minimum atomic E-state index is -3.26. The molecule has 0 bridgehead atoms. The van der Waals surface area contributed by atoms with Crippen LogP contribution < -0.4 is 9.64 Å². The Bertz CT molecular complexity index is 720. The highest BCUT2D eigenvalue weighted by Gasteiger charge is 2.36. The predicted molar refractivity (Wildman–Crippen MR) is 90.8 cm³/mol. The molecule has 0 aromatic heterocycles. The molecule has 2 aliphatic heterocycles. The van der Waals surface area contributed by atoms with Gasteiger partial charge in [0.05, 0.1) is 18.4 Å². The zero-order valence-electron chi connectivity index (χ0n) is 13.6. The number of hydrogen-bond donors (Lipinski definition) is 0. The van der Waals surface area contributed by atoms with Crippen molar-refractivity contribution in [2.75, 3.05) is 23.9 Å².